The Balaban J connectivity index is 1.74. The van der Waals surface area contributed by atoms with Crippen molar-refractivity contribution in [3.63, 3.8) is 0 Å². The van der Waals surface area contributed by atoms with E-state index in [-0.39, 0.29) is 5.92 Å². The largest absolute Gasteiger partial charge is 0.250 e. The molecule has 0 saturated heterocycles. The Kier molecular flexibility index (Phi) is 5.45. The van der Waals surface area contributed by atoms with Crippen molar-refractivity contribution in [3.05, 3.63) is 89.3 Å². The molecule has 3 nitrogen and oxygen atoms in total. The van der Waals surface area contributed by atoms with Crippen LogP contribution in [0.4, 0.5) is 0 Å². The lowest BCUT2D eigenvalue weighted by Gasteiger charge is -2.18. The molecule has 0 aliphatic heterocycles. The Labute approximate surface area is 147 Å². The molecule has 3 aromatic rings. The van der Waals surface area contributed by atoms with Crippen LogP contribution in [-0.2, 0) is 10.0 Å². The lowest BCUT2D eigenvalue weighted by Crippen LogP contribution is -2.25. The van der Waals surface area contributed by atoms with Crippen molar-refractivity contribution >= 4 is 21.4 Å². The summed E-state index contributed by atoms with van der Waals surface area (Å²) >= 11 is 1.23. The van der Waals surface area contributed by atoms with Gasteiger partial charge in [0.25, 0.3) is 0 Å². The van der Waals surface area contributed by atoms with Gasteiger partial charge in [0, 0.05) is 12.5 Å². The first-order valence-electron chi connectivity index (χ1n) is 7.80. The van der Waals surface area contributed by atoms with Crippen molar-refractivity contribution < 1.29 is 8.42 Å². The summed E-state index contributed by atoms with van der Waals surface area (Å²) < 4.78 is 27.6. The fourth-order valence-electron chi connectivity index (χ4n) is 2.72. The maximum atomic E-state index is 12.2. The Morgan fingerprint density at radius 3 is 1.92 bits per heavy atom. The highest BCUT2D eigenvalue weighted by atomic mass is 32.2. The molecular weight excluding hydrogens is 338 g/mol. The number of sulfonamides is 1. The molecule has 0 amide bonds. The molecule has 0 unspecified atom stereocenters. The summed E-state index contributed by atoms with van der Waals surface area (Å²) in [5.41, 5.74) is 2.39. The number of hydrogen-bond acceptors (Lipinski definition) is 3. The number of thiophene rings is 1. The first kappa shape index (κ1) is 16.9. The summed E-state index contributed by atoms with van der Waals surface area (Å²) in [5.74, 6) is 0.165. The minimum absolute atomic E-state index is 0.165. The molecule has 1 heterocycles. The van der Waals surface area contributed by atoms with Gasteiger partial charge >= 0.3 is 0 Å². The maximum Gasteiger partial charge on any atom is 0.250 e. The molecule has 0 aliphatic rings. The van der Waals surface area contributed by atoms with E-state index in [1.165, 1.54) is 22.5 Å². The van der Waals surface area contributed by atoms with Crippen LogP contribution < -0.4 is 4.72 Å². The lowest BCUT2D eigenvalue weighted by molar-refractivity contribution is 0.577. The van der Waals surface area contributed by atoms with Crippen LogP contribution in [0.5, 0.6) is 0 Å². The summed E-state index contributed by atoms with van der Waals surface area (Å²) in [7, 11) is -3.41. The van der Waals surface area contributed by atoms with E-state index in [0.717, 1.165) is 0 Å². The molecule has 124 valence electrons. The van der Waals surface area contributed by atoms with Crippen molar-refractivity contribution in [1.82, 2.24) is 4.72 Å². The third-order valence-corrected chi connectivity index (χ3v) is 6.75. The molecule has 3 rings (SSSR count). The van der Waals surface area contributed by atoms with E-state index in [2.05, 4.69) is 29.0 Å². The van der Waals surface area contributed by atoms with Gasteiger partial charge in [-0.25, -0.2) is 13.1 Å². The standard InChI is InChI=1S/C19H19NO2S2/c21-24(22,19-12-7-15-23-19)20-14-13-18(16-8-3-1-4-9-16)17-10-5-2-6-11-17/h1-12,15,18,20H,13-14H2. The zero-order chi connectivity index (χ0) is 16.8. The molecule has 0 fully saturated rings. The molecule has 0 saturated carbocycles. The first-order chi connectivity index (χ1) is 11.7. The van der Waals surface area contributed by atoms with Crippen molar-refractivity contribution in [2.45, 2.75) is 16.5 Å². The van der Waals surface area contributed by atoms with E-state index in [0.29, 0.717) is 17.2 Å². The minimum Gasteiger partial charge on any atom is -0.210 e. The quantitative estimate of drug-likeness (QED) is 0.687. The number of hydrogen-bond donors (Lipinski definition) is 1. The van der Waals surface area contributed by atoms with E-state index in [9.17, 15) is 8.42 Å². The summed E-state index contributed by atoms with van der Waals surface area (Å²) in [6, 6.07) is 23.8. The van der Waals surface area contributed by atoms with Gasteiger partial charge in [-0.3, -0.25) is 0 Å². The van der Waals surface area contributed by atoms with Crippen LogP contribution in [0, 0.1) is 0 Å². The molecule has 0 radical (unpaired) electrons. The van der Waals surface area contributed by atoms with Gasteiger partial charge in [0.1, 0.15) is 4.21 Å². The third-order valence-electron chi connectivity index (χ3n) is 3.89. The zero-order valence-electron chi connectivity index (χ0n) is 13.1. The Hall–Kier alpha value is -1.95. The molecule has 5 heteroatoms. The number of benzene rings is 2. The van der Waals surface area contributed by atoms with Gasteiger partial charge < -0.3 is 0 Å². The average Bonchev–Trinajstić information content (AvgIpc) is 3.16. The summed E-state index contributed by atoms with van der Waals surface area (Å²) in [6.45, 7) is 0.398. The van der Waals surface area contributed by atoms with Crippen molar-refractivity contribution in [3.8, 4) is 0 Å². The minimum atomic E-state index is -3.41. The normalized spacial score (nSPS) is 11.7. The van der Waals surface area contributed by atoms with Gasteiger partial charge in [0.2, 0.25) is 10.0 Å². The third kappa shape index (κ3) is 4.12. The second-order valence-electron chi connectivity index (χ2n) is 5.49. The van der Waals surface area contributed by atoms with Crippen LogP contribution in [0.2, 0.25) is 0 Å². The van der Waals surface area contributed by atoms with Crippen LogP contribution in [0.1, 0.15) is 23.5 Å². The van der Waals surface area contributed by atoms with Gasteiger partial charge in [-0.15, -0.1) is 11.3 Å². The predicted molar refractivity (Wildman–Crippen MR) is 98.9 cm³/mol. The Bertz CT molecular complexity index is 805. The topological polar surface area (TPSA) is 46.2 Å². The molecule has 0 aliphatic carbocycles. The average molecular weight is 358 g/mol. The molecule has 1 N–H and O–H groups in total. The van der Waals surface area contributed by atoms with Crippen LogP contribution >= 0.6 is 11.3 Å². The number of nitrogens with one attached hydrogen (secondary N) is 1. The highest BCUT2D eigenvalue weighted by Gasteiger charge is 2.17. The van der Waals surface area contributed by atoms with E-state index < -0.39 is 10.0 Å². The summed E-state index contributed by atoms with van der Waals surface area (Å²) in [4.78, 5) is 0. The Morgan fingerprint density at radius 2 is 1.42 bits per heavy atom. The van der Waals surface area contributed by atoms with E-state index in [4.69, 9.17) is 0 Å². The van der Waals surface area contributed by atoms with Crippen molar-refractivity contribution in [1.29, 1.82) is 0 Å². The SMILES string of the molecule is O=S(=O)(NCCC(c1ccccc1)c1ccccc1)c1cccs1. The van der Waals surface area contributed by atoms with E-state index in [1.807, 2.05) is 36.4 Å². The van der Waals surface area contributed by atoms with Crippen LogP contribution in [0.3, 0.4) is 0 Å². The molecular formula is C19H19NO2S2. The number of rotatable bonds is 7. The van der Waals surface area contributed by atoms with Gasteiger partial charge in [-0.05, 0) is 29.0 Å². The van der Waals surface area contributed by atoms with Gasteiger partial charge in [0.15, 0.2) is 0 Å². The monoisotopic (exact) mass is 357 g/mol. The summed E-state index contributed by atoms with van der Waals surface area (Å²) in [6.07, 6.45) is 0.707. The Morgan fingerprint density at radius 1 is 0.833 bits per heavy atom. The smallest absolute Gasteiger partial charge is 0.210 e. The molecule has 24 heavy (non-hydrogen) atoms. The second kappa shape index (κ2) is 7.75. The van der Waals surface area contributed by atoms with Crippen molar-refractivity contribution in [2.75, 3.05) is 6.54 Å². The molecule has 0 atom stereocenters. The van der Waals surface area contributed by atoms with Crippen LogP contribution in [0.25, 0.3) is 0 Å². The van der Waals surface area contributed by atoms with Gasteiger partial charge in [0.05, 0.1) is 0 Å². The molecule has 1 aromatic heterocycles. The second-order valence-corrected chi connectivity index (χ2v) is 8.43. The lowest BCUT2D eigenvalue weighted by atomic mass is 9.89. The summed E-state index contributed by atoms with van der Waals surface area (Å²) in [5, 5.41) is 1.77. The molecule has 0 spiro atoms. The fourth-order valence-corrected chi connectivity index (χ4v) is 4.81. The molecule has 2 aromatic carbocycles. The van der Waals surface area contributed by atoms with Crippen LogP contribution in [-0.4, -0.2) is 15.0 Å². The predicted octanol–water partition coefficient (Wildman–Crippen LogP) is 4.25. The van der Waals surface area contributed by atoms with E-state index >= 15 is 0 Å². The van der Waals surface area contributed by atoms with Crippen molar-refractivity contribution in [2.24, 2.45) is 0 Å². The highest BCUT2D eigenvalue weighted by Crippen LogP contribution is 2.27. The fraction of sp³-hybridized carbons (Fsp3) is 0.158. The first-order valence-corrected chi connectivity index (χ1v) is 10.2. The zero-order valence-corrected chi connectivity index (χ0v) is 14.8. The highest BCUT2D eigenvalue weighted by molar-refractivity contribution is 7.91. The molecule has 0 bridgehead atoms. The van der Waals surface area contributed by atoms with E-state index in [1.54, 1.807) is 17.5 Å². The van der Waals surface area contributed by atoms with Gasteiger partial charge in [-0.2, -0.15) is 0 Å². The maximum absolute atomic E-state index is 12.2. The van der Waals surface area contributed by atoms with Crippen LogP contribution in [0.15, 0.2) is 82.4 Å². The van der Waals surface area contributed by atoms with Gasteiger partial charge in [-0.1, -0.05) is 66.7 Å².